The van der Waals surface area contributed by atoms with E-state index in [4.69, 9.17) is 9.47 Å². The highest BCUT2D eigenvalue weighted by molar-refractivity contribution is 5.99. The number of hydrogen-bond donors (Lipinski definition) is 1. The molecule has 5 rings (SSSR count). The number of rotatable bonds is 6. The lowest BCUT2D eigenvalue weighted by Crippen LogP contribution is -2.31. The molecule has 8 nitrogen and oxygen atoms in total. The van der Waals surface area contributed by atoms with Crippen LogP contribution < -0.4 is 14.8 Å². The van der Waals surface area contributed by atoms with Crippen LogP contribution in [0.4, 0.5) is 5.95 Å². The predicted octanol–water partition coefficient (Wildman–Crippen LogP) is 3.67. The minimum absolute atomic E-state index is 0.127. The number of ketones is 1. The molecule has 0 saturated carbocycles. The van der Waals surface area contributed by atoms with Crippen LogP contribution in [-0.2, 0) is 11.4 Å². The zero-order valence-corrected chi connectivity index (χ0v) is 17.2. The zero-order valence-electron chi connectivity index (χ0n) is 17.2. The van der Waals surface area contributed by atoms with Crippen molar-refractivity contribution in [1.82, 2.24) is 20.2 Å². The van der Waals surface area contributed by atoms with Crippen LogP contribution in [0.1, 0.15) is 43.4 Å². The lowest BCUT2D eigenvalue weighted by Gasteiger charge is -2.31. The second-order valence-corrected chi connectivity index (χ2v) is 7.56. The van der Waals surface area contributed by atoms with Gasteiger partial charge >= 0.3 is 0 Å². The van der Waals surface area contributed by atoms with Crippen molar-refractivity contribution in [2.45, 2.75) is 38.8 Å². The zero-order chi connectivity index (χ0) is 21.2. The molecule has 0 saturated heterocycles. The lowest BCUT2D eigenvalue weighted by molar-refractivity contribution is -0.116. The van der Waals surface area contributed by atoms with Gasteiger partial charge in [-0.1, -0.05) is 41.5 Å². The first-order chi connectivity index (χ1) is 15.2. The number of allylic oxidation sites excluding steroid dienone is 2. The SMILES string of the molecule is CCOc1cc(C2C3=C(CCCC3=O)Nc3nnnn32)ccc1OCc1ccccc1. The number of Topliss-reactive ketones (excluding diaryl/α,β-unsaturated/α-hetero) is 1. The van der Waals surface area contributed by atoms with E-state index in [0.29, 0.717) is 37.1 Å². The average Bonchev–Trinajstić information content (AvgIpc) is 3.26. The second-order valence-electron chi connectivity index (χ2n) is 7.56. The van der Waals surface area contributed by atoms with Crippen molar-refractivity contribution in [3.63, 3.8) is 0 Å². The van der Waals surface area contributed by atoms with E-state index in [9.17, 15) is 4.79 Å². The van der Waals surface area contributed by atoms with Crippen LogP contribution in [0.5, 0.6) is 11.5 Å². The fourth-order valence-corrected chi connectivity index (χ4v) is 4.14. The maximum atomic E-state index is 12.8. The second kappa shape index (κ2) is 8.22. The number of ether oxygens (including phenoxy) is 2. The van der Waals surface area contributed by atoms with Gasteiger partial charge in [-0.25, -0.2) is 0 Å². The topological polar surface area (TPSA) is 91.2 Å². The molecule has 0 radical (unpaired) electrons. The summed E-state index contributed by atoms with van der Waals surface area (Å²) in [7, 11) is 0. The van der Waals surface area contributed by atoms with Gasteiger partial charge in [0, 0.05) is 17.7 Å². The Bertz CT molecular complexity index is 1140. The molecular formula is C23H23N5O3. The number of carbonyl (C=O) groups is 1. The molecule has 2 aliphatic rings. The Morgan fingerprint density at radius 3 is 2.81 bits per heavy atom. The summed E-state index contributed by atoms with van der Waals surface area (Å²) in [6.45, 7) is 2.88. The Balaban J connectivity index is 1.51. The van der Waals surface area contributed by atoms with E-state index in [1.165, 1.54) is 0 Å². The number of benzene rings is 2. The summed E-state index contributed by atoms with van der Waals surface area (Å²) in [5.41, 5.74) is 3.60. The van der Waals surface area contributed by atoms with Gasteiger partial charge in [0.15, 0.2) is 17.3 Å². The van der Waals surface area contributed by atoms with Gasteiger partial charge in [-0.3, -0.25) is 4.79 Å². The molecule has 1 atom stereocenters. The summed E-state index contributed by atoms with van der Waals surface area (Å²) >= 11 is 0. The molecular weight excluding hydrogens is 394 g/mol. The summed E-state index contributed by atoms with van der Waals surface area (Å²) in [4.78, 5) is 12.8. The summed E-state index contributed by atoms with van der Waals surface area (Å²) < 4.78 is 13.6. The van der Waals surface area contributed by atoms with Crippen molar-refractivity contribution in [3.05, 3.63) is 70.9 Å². The molecule has 158 valence electrons. The molecule has 31 heavy (non-hydrogen) atoms. The fourth-order valence-electron chi connectivity index (χ4n) is 4.14. The molecule has 1 aliphatic carbocycles. The van der Waals surface area contributed by atoms with E-state index in [0.717, 1.165) is 35.2 Å². The van der Waals surface area contributed by atoms with Crippen LogP contribution in [0.25, 0.3) is 0 Å². The van der Waals surface area contributed by atoms with Crippen molar-refractivity contribution in [3.8, 4) is 11.5 Å². The maximum absolute atomic E-state index is 12.8. The molecule has 0 amide bonds. The lowest BCUT2D eigenvalue weighted by atomic mass is 9.85. The molecule has 1 aliphatic heterocycles. The van der Waals surface area contributed by atoms with Crippen LogP contribution in [-0.4, -0.2) is 32.6 Å². The number of nitrogens with one attached hydrogen (secondary N) is 1. The third kappa shape index (κ3) is 3.65. The minimum Gasteiger partial charge on any atom is -0.490 e. The highest BCUT2D eigenvalue weighted by atomic mass is 16.5. The van der Waals surface area contributed by atoms with Crippen LogP contribution in [0.2, 0.25) is 0 Å². The molecule has 1 unspecified atom stereocenters. The van der Waals surface area contributed by atoms with Gasteiger partial charge in [0.1, 0.15) is 12.6 Å². The Hall–Kier alpha value is -3.68. The van der Waals surface area contributed by atoms with Gasteiger partial charge in [-0.15, -0.1) is 0 Å². The predicted molar refractivity (Wildman–Crippen MR) is 114 cm³/mol. The van der Waals surface area contributed by atoms with Crippen LogP contribution in [0.15, 0.2) is 59.8 Å². The third-order valence-electron chi connectivity index (χ3n) is 5.55. The van der Waals surface area contributed by atoms with E-state index in [2.05, 4.69) is 20.8 Å². The summed E-state index contributed by atoms with van der Waals surface area (Å²) in [5, 5.41) is 15.3. The molecule has 2 heterocycles. The minimum atomic E-state index is -0.392. The maximum Gasteiger partial charge on any atom is 0.248 e. The van der Waals surface area contributed by atoms with Crippen molar-refractivity contribution in [2.24, 2.45) is 0 Å². The van der Waals surface area contributed by atoms with Crippen molar-refractivity contribution < 1.29 is 14.3 Å². The molecule has 8 heteroatoms. The Labute approximate surface area is 179 Å². The van der Waals surface area contributed by atoms with Gasteiger partial charge in [0.05, 0.1) is 6.61 Å². The first kappa shape index (κ1) is 19.3. The van der Waals surface area contributed by atoms with Gasteiger partial charge in [-0.2, -0.15) is 4.68 Å². The third-order valence-corrected chi connectivity index (χ3v) is 5.55. The monoisotopic (exact) mass is 417 g/mol. The number of hydrogen-bond acceptors (Lipinski definition) is 7. The average molecular weight is 417 g/mol. The number of aromatic nitrogens is 4. The summed E-state index contributed by atoms with van der Waals surface area (Å²) in [6, 6.07) is 15.4. The normalized spacial score (nSPS) is 17.6. The number of nitrogens with zero attached hydrogens (tertiary/aromatic N) is 4. The molecule has 0 bridgehead atoms. The Morgan fingerprint density at radius 2 is 1.97 bits per heavy atom. The standard InChI is InChI=1S/C23H23N5O3/c1-2-30-20-13-16(11-12-19(20)31-14-15-7-4-3-5-8-15)22-21-17(9-6-10-18(21)29)24-23-25-26-27-28(22)23/h3-5,7-8,11-13,22H,2,6,9-10,14H2,1H3,(H,24,25,27). The van der Waals surface area contributed by atoms with Gasteiger partial charge < -0.3 is 14.8 Å². The Kier molecular flexibility index (Phi) is 5.11. The highest BCUT2D eigenvalue weighted by Gasteiger charge is 2.37. The van der Waals surface area contributed by atoms with Gasteiger partial charge in [-0.05, 0) is 53.5 Å². The number of tetrazole rings is 1. The number of fused-ring (bicyclic) bond motifs is 1. The molecule has 0 fully saturated rings. The Morgan fingerprint density at radius 1 is 1.10 bits per heavy atom. The summed E-state index contributed by atoms with van der Waals surface area (Å²) in [6.07, 6.45) is 2.17. The highest BCUT2D eigenvalue weighted by Crippen LogP contribution is 2.41. The van der Waals surface area contributed by atoms with E-state index < -0.39 is 6.04 Å². The number of carbonyl (C=O) groups excluding carboxylic acids is 1. The molecule has 2 aromatic carbocycles. The van der Waals surface area contributed by atoms with E-state index in [-0.39, 0.29) is 5.78 Å². The van der Waals surface area contributed by atoms with Crippen molar-refractivity contribution >= 4 is 11.7 Å². The van der Waals surface area contributed by atoms with Gasteiger partial charge in [0.2, 0.25) is 5.95 Å². The number of anilines is 1. The smallest absolute Gasteiger partial charge is 0.248 e. The fraction of sp³-hybridized carbons (Fsp3) is 0.304. The van der Waals surface area contributed by atoms with Gasteiger partial charge in [0.25, 0.3) is 0 Å². The molecule has 1 aromatic heterocycles. The van der Waals surface area contributed by atoms with E-state index in [1.54, 1.807) is 4.68 Å². The van der Waals surface area contributed by atoms with E-state index in [1.807, 2.05) is 55.5 Å². The first-order valence-corrected chi connectivity index (χ1v) is 10.5. The van der Waals surface area contributed by atoms with Crippen molar-refractivity contribution in [2.75, 3.05) is 11.9 Å². The van der Waals surface area contributed by atoms with Crippen LogP contribution >= 0.6 is 0 Å². The summed E-state index contributed by atoms with van der Waals surface area (Å²) in [5.74, 6) is 1.96. The quantitative estimate of drug-likeness (QED) is 0.654. The van der Waals surface area contributed by atoms with Crippen molar-refractivity contribution in [1.29, 1.82) is 0 Å². The molecule has 3 aromatic rings. The largest absolute Gasteiger partial charge is 0.490 e. The van der Waals surface area contributed by atoms with E-state index >= 15 is 0 Å². The first-order valence-electron chi connectivity index (χ1n) is 10.5. The molecule has 1 N–H and O–H groups in total. The van der Waals surface area contributed by atoms with Crippen LogP contribution in [0.3, 0.4) is 0 Å². The molecule has 0 spiro atoms. The van der Waals surface area contributed by atoms with Crippen LogP contribution in [0, 0.1) is 0 Å².